The molecular formula is C17H23FN2S. The number of aromatic nitrogens is 1. The molecule has 0 spiro atoms. The van der Waals surface area contributed by atoms with Gasteiger partial charge in [-0.25, -0.2) is 9.37 Å². The molecule has 114 valence electrons. The highest BCUT2D eigenvalue weighted by atomic mass is 32.1. The Bertz CT molecular complexity index is 565. The van der Waals surface area contributed by atoms with E-state index in [1.165, 1.54) is 10.9 Å². The van der Waals surface area contributed by atoms with Crippen LogP contribution in [0.25, 0.3) is 0 Å². The Kier molecular flexibility index (Phi) is 5.88. The molecule has 0 aliphatic carbocycles. The average molecular weight is 306 g/mol. The van der Waals surface area contributed by atoms with Crippen LogP contribution in [-0.4, -0.2) is 17.6 Å². The number of benzene rings is 1. The fourth-order valence-electron chi connectivity index (χ4n) is 2.40. The summed E-state index contributed by atoms with van der Waals surface area (Å²) in [7, 11) is 0. The predicted molar refractivity (Wildman–Crippen MR) is 87.5 cm³/mol. The van der Waals surface area contributed by atoms with Gasteiger partial charge in [-0.05, 0) is 43.4 Å². The summed E-state index contributed by atoms with van der Waals surface area (Å²) in [5, 5.41) is 3.47. The topological polar surface area (TPSA) is 24.9 Å². The van der Waals surface area contributed by atoms with E-state index in [9.17, 15) is 4.39 Å². The minimum absolute atomic E-state index is 0.156. The molecular weight excluding hydrogens is 283 g/mol. The summed E-state index contributed by atoms with van der Waals surface area (Å²) in [4.78, 5) is 5.63. The fourth-order valence-corrected chi connectivity index (χ4v) is 3.19. The SMILES string of the molecule is Cc1ncsc1CCC(CNC(C)C)c1cccc(F)c1. The molecule has 2 nitrogen and oxygen atoms in total. The van der Waals surface area contributed by atoms with Crippen molar-refractivity contribution in [3.8, 4) is 0 Å². The van der Waals surface area contributed by atoms with Gasteiger partial charge in [0.25, 0.3) is 0 Å². The third-order valence-corrected chi connectivity index (χ3v) is 4.65. The largest absolute Gasteiger partial charge is 0.314 e. The van der Waals surface area contributed by atoms with Gasteiger partial charge in [0, 0.05) is 17.5 Å². The summed E-state index contributed by atoms with van der Waals surface area (Å²) in [6.07, 6.45) is 2.00. The van der Waals surface area contributed by atoms with E-state index in [0.717, 1.165) is 30.6 Å². The molecule has 0 radical (unpaired) electrons. The van der Waals surface area contributed by atoms with Gasteiger partial charge in [-0.15, -0.1) is 11.3 Å². The number of hydrogen-bond donors (Lipinski definition) is 1. The number of nitrogens with zero attached hydrogens (tertiary/aromatic N) is 1. The van der Waals surface area contributed by atoms with Crippen molar-refractivity contribution in [3.63, 3.8) is 0 Å². The van der Waals surface area contributed by atoms with Gasteiger partial charge >= 0.3 is 0 Å². The first kappa shape index (κ1) is 16.1. The lowest BCUT2D eigenvalue weighted by Crippen LogP contribution is -2.28. The second kappa shape index (κ2) is 7.66. The Morgan fingerprint density at radius 3 is 2.76 bits per heavy atom. The summed E-state index contributed by atoms with van der Waals surface area (Å²) >= 11 is 1.71. The van der Waals surface area contributed by atoms with E-state index in [2.05, 4.69) is 31.1 Å². The zero-order valence-corrected chi connectivity index (χ0v) is 13.7. The van der Waals surface area contributed by atoms with E-state index in [0.29, 0.717) is 12.0 Å². The fraction of sp³-hybridized carbons (Fsp3) is 0.471. The maximum absolute atomic E-state index is 13.5. The molecule has 1 aromatic carbocycles. The van der Waals surface area contributed by atoms with E-state index in [1.807, 2.05) is 11.6 Å². The van der Waals surface area contributed by atoms with Crippen molar-refractivity contribution < 1.29 is 4.39 Å². The Labute approximate surface area is 130 Å². The van der Waals surface area contributed by atoms with Crippen molar-refractivity contribution in [2.24, 2.45) is 0 Å². The maximum atomic E-state index is 13.5. The normalized spacial score (nSPS) is 12.8. The van der Waals surface area contributed by atoms with Crippen molar-refractivity contribution in [1.29, 1.82) is 0 Å². The van der Waals surface area contributed by atoms with Gasteiger partial charge in [0.15, 0.2) is 0 Å². The van der Waals surface area contributed by atoms with Crippen molar-refractivity contribution in [1.82, 2.24) is 10.3 Å². The van der Waals surface area contributed by atoms with Crippen molar-refractivity contribution in [3.05, 3.63) is 51.7 Å². The Hall–Kier alpha value is -1.26. The molecule has 0 saturated heterocycles. The van der Waals surface area contributed by atoms with Crippen molar-refractivity contribution in [2.45, 2.75) is 45.6 Å². The third-order valence-electron chi connectivity index (χ3n) is 3.66. The maximum Gasteiger partial charge on any atom is 0.123 e. The van der Waals surface area contributed by atoms with E-state index in [-0.39, 0.29) is 5.82 Å². The van der Waals surface area contributed by atoms with Crippen LogP contribution in [0.1, 0.15) is 42.3 Å². The molecule has 21 heavy (non-hydrogen) atoms. The van der Waals surface area contributed by atoms with Crippen LogP contribution in [0.2, 0.25) is 0 Å². The van der Waals surface area contributed by atoms with Crippen LogP contribution in [0, 0.1) is 12.7 Å². The van der Waals surface area contributed by atoms with Crippen LogP contribution in [-0.2, 0) is 6.42 Å². The van der Waals surface area contributed by atoms with Gasteiger partial charge in [0.2, 0.25) is 0 Å². The summed E-state index contributed by atoms with van der Waals surface area (Å²) in [6, 6.07) is 7.42. The summed E-state index contributed by atoms with van der Waals surface area (Å²) < 4.78 is 13.5. The molecule has 1 aromatic heterocycles. The van der Waals surface area contributed by atoms with Crippen LogP contribution in [0.15, 0.2) is 29.8 Å². The smallest absolute Gasteiger partial charge is 0.123 e. The van der Waals surface area contributed by atoms with Gasteiger partial charge in [0.1, 0.15) is 5.82 Å². The van der Waals surface area contributed by atoms with E-state index < -0.39 is 0 Å². The summed E-state index contributed by atoms with van der Waals surface area (Å²) in [5.41, 5.74) is 4.09. The Morgan fingerprint density at radius 1 is 1.33 bits per heavy atom. The third kappa shape index (κ3) is 4.90. The molecule has 1 unspecified atom stereocenters. The highest BCUT2D eigenvalue weighted by Crippen LogP contribution is 2.24. The van der Waals surface area contributed by atoms with Crippen LogP contribution in [0.3, 0.4) is 0 Å². The van der Waals surface area contributed by atoms with Gasteiger partial charge in [-0.2, -0.15) is 0 Å². The molecule has 0 aliphatic heterocycles. The quantitative estimate of drug-likeness (QED) is 0.824. The minimum Gasteiger partial charge on any atom is -0.314 e. The molecule has 4 heteroatoms. The van der Waals surface area contributed by atoms with Gasteiger partial charge < -0.3 is 5.32 Å². The standard InChI is InChI=1S/C17H23FN2S/c1-12(2)19-10-15(14-5-4-6-16(18)9-14)7-8-17-13(3)20-11-21-17/h4-6,9,11-12,15,19H,7-8,10H2,1-3H3. The first-order valence-electron chi connectivity index (χ1n) is 7.44. The van der Waals surface area contributed by atoms with E-state index in [1.54, 1.807) is 23.5 Å². The van der Waals surface area contributed by atoms with Crippen LogP contribution >= 0.6 is 11.3 Å². The molecule has 2 aromatic rings. The highest BCUT2D eigenvalue weighted by Gasteiger charge is 2.14. The molecule has 1 atom stereocenters. The van der Waals surface area contributed by atoms with Crippen molar-refractivity contribution >= 4 is 11.3 Å². The zero-order valence-electron chi connectivity index (χ0n) is 12.9. The Morgan fingerprint density at radius 2 is 2.14 bits per heavy atom. The predicted octanol–water partition coefficient (Wildman–Crippen LogP) is 4.31. The monoisotopic (exact) mass is 306 g/mol. The molecule has 2 rings (SSSR count). The highest BCUT2D eigenvalue weighted by molar-refractivity contribution is 7.09. The number of rotatable bonds is 7. The van der Waals surface area contributed by atoms with Crippen molar-refractivity contribution in [2.75, 3.05) is 6.54 Å². The van der Waals surface area contributed by atoms with Gasteiger partial charge in [-0.1, -0.05) is 26.0 Å². The number of nitrogens with one attached hydrogen (secondary N) is 1. The average Bonchev–Trinajstić information content (AvgIpc) is 2.84. The Balaban J connectivity index is 2.06. The van der Waals surface area contributed by atoms with Crippen LogP contribution in [0.5, 0.6) is 0 Å². The molecule has 0 saturated carbocycles. The van der Waals surface area contributed by atoms with E-state index in [4.69, 9.17) is 0 Å². The molecule has 0 aliphatic rings. The lowest BCUT2D eigenvalue weighted by atomic mass is 9.93. The molecule has 1 heterocycles. The number of aryl methyl sites for hydroxylation is 2. The molecule has 0 fully saturated rings. The summed E-state index contributed by atoms with van der Waals surface area (Å²) in [6.45, 7) is 7.19. The number of thiazole rings is 1. The molecule has 0 amide bonds. The lowest BCUT2D eigenvalue weighted by molar-refractivity contribution is 0.506. The van der Waals surface area contributed by atoms with Crippen LogP contribution < -0.4 is 5.32 Å². The van der Waals surface area contributed by atoms with E-state index >= 15 is 0 Å². The molecule has 0 bridgehead atoms. The second-order valence-electron chi connectivity index (χ2n) is 5.71. The summed E-state index contributed by atoms with van der Waals surface area (Å²) in [5.74, 6) is 0.167. The zero-order chi connectivity index (χ0) is 15.2. The number of hydrogen-bond acceptors (Lipinski definition) is 3. The first-order valence-corrected chi connectivity index (χ1v) is 8.32. The molecule has 1 N–H and O–H groups in total. The lowest BCUT2D eigenvalue weighted by Gasteiger charge is -2.20. The van der Waals surface area contributed by atoms with Crippen LogP contribution in [0.4, 0.5) is 4.39 Å². The minimum atomic E-state index is -0.156. The first-order chi connectivity index (χ1) is 10.1. The second-order valence-corrected chi connectivity index (χ2v) is 6.65. The van der Waals surface area contributed by atoms with Gasteiger partial charge in [0.05, 0.1) is 11.2 Å². The van der Waals surface area contributed by atoms with Gasteiger partial charge in [-0.3, -0.25) is 0 Å². The number of halogens is 1.